The number of aryl methyl sites for hydroxylation is 3. The van der Waals surface area contributed by atoms with Crippen molar-refractivity contribution in [1.82, 2.24) is 9.13 Å². The van der Waals surface area contributed by atoms with Crippen LogP contribution in [0.25, 0.3) is 11.0 Å². The zero-order chi connectivity index (χ0) is 19.0. The fourth-order valence-corrected chi connectivity index (χ4v) is 3.96. The van der Waals surface area contributed by atoms with Gasteiger partial charge in [-0.15, -0.1) is 0 Å². The molecule has 2 aromatic carbocycles. The number of imidazole rings is 1. The highest BCUT2D eigenvalue weighted by atomic mass is 19.1. The maximum absolute atomic E-state index is 13.5. The number of carbonyl (C=O) groups excluding carboxylic acids is 1. The van der Waals surface area contributed by atoms with Crippen molar-refractivity contribution in [3.8, 4) is 0 Å². The Balaban J connectivity index is 1.59. The average molecular weight is 367 g/mol. The maximum atomic E-state index is 13.5. The minimum atomic E-state index is -0.276. The third-order valence-corrected chi connectivity index (χ3v) is 5.25. The van der Waals surface area contributed by atoms with Gasteiger partial charge in [0.15, 0.2) is 0 Å². The van der Waals surface area contributed by atoms with Gasteiger partial charge in [0.1, 0.15) is 5.82 Å². The average Bonchev–Trinajstić information content (AvgIpc) is 2.96. The first-order valence-corrected chi connectivity index (χ1v) is 9.37. The van der Waals surface area contributed by atoms with Crippen molar-refractivity contribution in [2.75, 3.05) is 11.4 Å². The van der Waals surface area contributed by atoms with E-state index in [0.717, 1.165) is 35.1 Å². The van der Waals surface area contributed by atoms with Crippen molar-refractivity contribution in [3.63, 3.8) is 0 Å². The topological polar surface area (TPSA) is 47.2 Å². The van der Waals surface area contributed by atoms with Crippen molar-refractivity contribution in [1.29, 1.82) is 0 Å². The van der Waals surface area contributed by atoms with Crippen LogP contribution in [0, 0.1) is 5.82 Å². The standard InChI is InChI=1S/C21H22FN3O2/c1-2-23-18-7-3-4-8-19(18)25(21(23)27)13-11-20(26)24-12-5-6-15-14-16(22)9-10-17(15)24/h3-4,7-10,14H,2,5-6,11-13H2,1H3. The Morgan fingerprint density at radius 1 is 1.11 bits per heavy atom. The summed E-state index contributed by atoms with van der Waals surface area (Å²) in [6, 6.07) is 12.2. The van der Waals surface area contributed by atoms with E-state index >= 15 is 0 Å². The van der Waals surface area contributed by atoms with Gasteiger partial charge in [-0.25, -0.2) is 9.18 Å². The number of nitrogens with zero attached hydrogens (tertiary/aromatic N) is 3. The molecule has 0 atom stereocenters. The number of anilines is 1. The van der Waals surface area contributed by atoms with Crippen LogP contribution in [0.3, 0.4) is 0 Å². The summed E-state index contributed by atoms with van der Waals surface area (Å²) in [4.78, 5) is 27.3. The third-order valence-electron chi connectivity index (χ3n) is 5.25. The number of hydrogen-bond donors (Lipinski definition) is 0. The highest BCUT2D eigenvalue weighted by molar-refractivity contribution is 5.94. The van der Waals surface area contributed by atoms with Crippen molar-refractivity contribution >= 4 is 22.6 Å². The Morgan fingerprint density at radius 3 is 2.59 bits per heavy atom. The largest absolute Gasteiger partial charge is 0.329 e. The number of halogens is 1. The van der Waals surface area contributed by atoms with Crippen LogP contribution in [0.2, 0.25) is 0 Å². The van der Waals surface area contributed by atoms with Crippen LogP contribution in [0.4, 0.5) is 10.1 Å². The molecule has 0 spiro atoms. The van der Waals surface area contributed by atoms with E-state index in [0.29, 0.717) is 19.6 Å². The molecule has 0 bridgehead atoms. The van der Waals surface area contributed by atoms with Crippen LogP contribution < -0.4 is 10.6 Å². The molecular weight excluding hydrogens is 345 g/mol. The monoisotopic (exact) mass is 367 g/mol. The zero-order valence-electron chi connectivity index (χ0n) is 15.3. The number of hydrogen-bond acceptors (Lipinski definition) is 2. The van der Waals surface area contributed by atoms with Crippen molar-refractivity contribution < 1.29 is 9.18 Å². The lowest BCUT2D eigenvalue weighted by Gasteiger charge is -2.29. The number of rotatable bonds is 4. The lowest BCUT2D eigenvalue weighted by Crippen LogP contribution is -2.36. The van der Waals surface area contributed by atoms with Crippen LogP contribution in [-0.4, -0.2) is 21.6 Å². The summed E-state index contributed by atoms with van der Waals surface area (Å²) in [7, 11) is 0. The molecule has 0 radical (unpaired) electrons. The van der Waals surface area contributed by atoms with E-state index in [1.54, 1.807) is 20.1 Å². The summed E-state index contributed by atoms with van der Waals surface area (Å²) >= 11 is 0. The second-order valence-electron chi connectivity index (χ2n) is 6.84. The number of benzene rings is 2. The van der Waals surface area contributed by atoms with Crippen molar-refractivity contribution in [2.24, 2.45) is 0 Å². The molecule has 27 heavy (non-hydrogen) atoms. The van der Waals surface area contributed by atoms with Gasteiger partial charge in [-0.05, 0) is 55.7 Å². The minimum Gasteiger partial charge on any atom is -0.312 e. The fourth-order valence-electron chi connectivity index (χ4n) is 3.96. The molecule has 1 amide bonds. The van der Waals surface area contributed by atoms with E-state index in [1.807, 2.05) is 31.2 Å². The van der Waals surface area contributed by atoms with E-state index in [2.05, 4.69) is 0 Å². The van der Waals surface area contributed by atoms with Crippen LogP contribution in [-0.2, 0) is 24.3 Å². The van der Waals surface area contributed by atoms with E-state index in [1.165, 1.54) is 12.1 Å². The Morgan fingerprint density at radius 2 is 1.85 bits per heavy atom. The Hall–Kier alpha value is -2.89. The highest BCUT2D eigenvalue weighted by Gasteiger charge is 2.23. The first kappa shape index (κ1) is 17.5. The number of para-hydroxylation sites is 2. The van der Waals surface area contributed by atoms with Gasteiger partial charge >= 0.3 is 5.69 Å². The predicted octanol–water partition coefficient (Wildman–Crippen LogP) is 3.33. The fraction of sp³-hybridized carbons (Fsp3) is 0.333. The molecule has 3 aromatic rings. The van der Waals surface area contributed by atoms with E-state index < -0.39 is 0 Å². The Bertz CT molecular complexity index is 1070. The van der Waals surface area contributed by atoms with Gasteiger partial charge in [0, 0.05) is 31.7 Å². The third kappa shape index (κ3) is 3.05. The summed E-state index contributed by atoms with van der Waals surface area (Å²) in [5, 5.41) is 0. The number of amides is 1. The van der Waals surface area contributed by atoms with Crippen LogP contribution in [0.15, 0.2) is 47.3 Å². The van der Waals surface area contributed by atoms with Crippen LogP contribution in [0.1, 0.15) is 25.3 Å². The van der Waals surface area contributed by atoms with Gasteiger partial charge in [-0.1, -0.05) is 12.1 Å². The van der Waals surface area contributed by atoms with Gasteiger partial charge < -0.3 is 4.90 Å². The summed E-state index contributed by atoms with van der Waals surface area (Å²) in [5.74, 6) is -0.315. The van der Waals surface area contributed by atoms with Gasteiger partial charge in [0.2, 0.25) is 5.91 Å². The molecule has 0 N–H and O–H groups in total. The molecule has 5 nitrogen and oxygen atoms in total. The maximum Gasteiger partial charge on any atom is 0.329 e. The summed E-state index contributed by atoms with van der Waals surface area (Å²) in [6.07, 6.45) is 1.83. The van der Waals surface area contributed by atoms with Gasteiger partial charge in [0.25, 0.3) is 0 Å². The molecule has 2 heterocycles. The Labute approximate surface area is 156 Å². The van der Waals surface area contributed by atoms with Gasteiger partial charge in [0.05, 0.1) is 11.0 Å². The molecule has 6 heteroatoms. The van der Waals surface area contributed by atoms with Crippen LogP contribution in [0.5, 0.6) is 0 Å². The van der Waals surface area contributed by atoms with Crippen molar-refractivity contribution in [2.45, 2.75) is 39.3 Å². The molecule has 0 unspecified atom stereocenters. The molecule has 140 valence electrons. The lowest BCUT2D eigenvalue weighted by molar-refractivity contribution is -0.118. The molecular formula is C21H22FN3O2. The Kier molecular flexibility index (Phi) is 4.56. The second kappa shape index (κ2) is 7.02. The van der Waals surface area contributed by atoms with E-state index in [-0.39, 0.29) is 23.8 Å². The summed E-state index contributed by atoms with van der Waals surface area (Å²) in [5.41, 5.74) is 3.30. The quantitative estimate of drug-likeness (QED) is 0.710. The molecule has 1 aliphatic rings. The SMILES string of the molecule is CCn1c(=O)n(CCC(=O)N2CCCc3cc(F)ccc32)c2ccccc21. The molecule has 0 saturated carbocycles. The highest BCUT2D eigenvalue weighted by Crippen LogP contribution is 2.28. The van der Waals surface area contributed by atoms with Crippen LogP contribution >= 0.6 is 0 Å². The summed E-state index contributed by atoms with van der Waals surface area (Å²) < 4.78 is 16.9. The summed E-state index contributed by atoms with van der Waals surface area (Å²) in [6.45, 7) is 3.49. The van der Waals surface area contributed by atoms with E-state index in [9.17, 15) is 14.0 Å². The zero-order valence-corrected chi connectivity index (χ0v) is 15.3. The van der Waals surface area contributed by atoms with Crippen molar-refractivity contribution in [3.05, 3.63) is 64.3 Å². The van der Waals surface area contributed by atoms with Gasteiger partial charge in [-0.2, -0.15) is 0 Å². The lowest BCUT2D eigenvalue weighted by atomic mass is 10.0. The smallest absolute Gasteiger partial charge is 0.312 e. The number of fused-ring (bicyclic) bond motifs is 2. The predicted molar refractivity (Wildman–Crippen MR) is 104 cm³/mol. The molecule has 0 aliphatic carbocycles. The molecule has 1 aliphatic heterocycles. The molecule has 0 fully saturated rings. The van der Waals surface area contributed by atoms with Gasteiger partial charge in [-0.3, -0.25) is 13.9 Å². The first-order valence-electron chi connectivity index (χ1n) is 9.37. The molecule has 1 aromatic heterocycles. The molecule has 4 rings (SSSR count). The second-order valence-corrected chi connectivity index (χ2v) is 6.84. The van der Waals surface area contributed by atoms with E-state index in [4.69, 9.17) is 0 Å². The minimum absolute atomic E-state index is 0.0391. The first-order chi connectivity index (χ1) is 13.1. The number of carbonyl (C=O) groups is 1. The normalized spacial score (nSPS) is 13.8. The molecule has 0 saturated heterocycles. The number of aromatic nitrogens is 2.